The van der Waals surface area contributed by atoms with Crippen LogP contribution in [0.15, 0.2) is 126 Å². The highest BCUT2D eigenvalue weighted by molar-refractivity contribution is 5.86. The lowest BCUT2D eigenvalue weighted by Gasteiger charge is -2.37. The molecular weight excluding hydrogens is 488 g/mol. The van der Waals surface area contributed by atoms with Gasteiger partial charge >= 0.3 is 0 Å². The molecule has 0 bridgehead atoms. The molecule has 196 valence electrons. The number of nitrogens with one attached hydrogen (secondary N) is 1. The van der Waals surface area contributed by atoms with Crippen LogP contribution in [0.5, 0.6) is 5.75 Å². The fraction of sp³-hybridized carbons (Fsp3) is 0.162. The van der Waals surface area contributed by atoms with Gasteiger partial charge in [0.1, 0.15) is 12.4 Å². The summed E-state index contributed by atoms with van der Waals surface area (Å²) in [5, 5.41) is 6.29. The highest BCUT2D eigenvalue weighted by Crippen LogP contribution is 2.50. The molecule has 1 heterocycles. The van der Waals surface area contributed by atoms with Crippen molar-refractivity contribution in [2.24, 2.45) is 10.9 Å². The second kappa shape index (κ2) is 10.5. The first-order chi connectivity index (χ1) is 19.7. The first-order valence-corrected chi connectivity index (χ1v) is 14.1. The molecule has 0 aromatic heterocycles. The molecule has 5 aromatic rings. The van der Waals surface area contributed by atoms with Crippen molar-refractivity contribution in [1.29, 1.82) is 0 Å². The van der Waals surface area contributed by atoms with Gasteiger partial charge in [0.15, 0.2) is 0 Å². The van der Waals surface area contributed by atoms with Crippen molar-refractivity contribution in [2.45, 2.75) is 31.9 Å². The highest BCUT2D eigenvalue weighted by atomic mass is 16.5. The van der Waals surface area contributed by atoms with Gasteiger partial charge in [0.05, 0.1) is 11.7 Å². The summed E-state index contributed by atoms with van der Waals surface area (Å²) in [5.41, 5.74) is 8.38. The van der Waals surface area contributed by atoms with Crippen LogP contribution in [0.1, 0.15) is 46.2 Å². The molecule has 0 saturated carbocycles. The molecule has 3 atom stereocenters. The number of aliphatic imine (C=N–C) groups is 1. The molecule has 40 heavy (non-hydrogen) atoms. The number of benzene rings is 5. The Morgan fingerprint density at radius 2 is 1.70 bits per heavy atom. The van der Waals surface area contributed by atoms with Crippen LogP contribution in [-0.2, 0) is 6.61 Å². The summed E-state index contributed by atoms with van der Waals surface area (Å²) in [4.78, 5) is 4.80. The Hall–Kier alpha value is -4.63. The normalized spacial score (nSPS) is 19.4. The molecule has 1 aliphatic heterocycles. The van der Waals surface area contributed by atoms with Crippen molar-refractivity contribution in [2.75, 3.05) is 5.32 Å². The molecule has 0 spiro atoms. The van der Waals surface area contributed by atoms with E-state index in [-0.39, 0.29) is 6.04 Å². The van der Waals surface area contributed by atoms with Crippen molar-refractivity contribution in [1.82, 2.24) is 0 Å². The van der Waals surface area contributed by atoms with E-state index in [1.165, 1.54) is 38.7 Å². The molecule has 7 rings (SSSR count). The fourth-order valence-electron chi connectivity index (χ4n) is 6.25. The predicted molar refractivity (Wildman–Crippen MR) is 166 cm³/mol. The van der Waals surface area contributed by atoms with Gasteiger partial charge < -0.3 is 10.1 Å². The van der Waals surface area contributed by atoms with Gasteiger partial charge in [0.2, 0.25) is 0 Å². The molecule has 0 saturated heterocycles. The second-order valence-corrected chi connectivity index (χ2v) is 10.9. The van der Waals surface area contributed by atoms with E-state index in [1.54, 1.807) is 0 Å². The van der Waals surface area contributed by atoms with Gasteiger partial charge in [0.25, 0.3) is 0 Å². The first-order valence-electron chi connectivity index (χ1n) is 14.1. The Morgan fingerprint density at radius 1 is 0.875 bits per heavy atom. The smallest absolute Gasteiger partial charge is 0.128 e. The zero-order chi connectivity index (χ0) is 26.9. The maximum Gasteiger partial charge on any atom is 0.128 e. The van der Waals surface area contributed by atoms with Crippen LogP contribution in [0, 0.1) is 12.8 Å². The van der Waals surface area contributed by atoms with Crippen molar-refractivity contribution < 1.29 is 4.74 Å². The lowest BCUT2D eigenvalue weighted by Crippen LogP contribution is -2.29. The standard InChI is InChI=1S/C37H32N2O/c1-25-16-21-35-34(22-25)32-13-7-14-33(32)37(39-35)27-17-19-30(20-18-27)38-23-28-9-3-5-15-36(28)40-24-29-11-6-10-26-8-2-4-12-31(26)29/h2-13,15-23,32-33,37,39H,14,24H2,1H3/t32-,33+,37-/m1/s1. The highest BCUT2D eigenvalue weighted by Gasteiger charge is 2.37. The zero-order valence-corrected chi connectivity index (χ0v) is 22.6. The Kier molecular flexibility index (Phi) is 6.41. The van der Waals surface area contributed by atoms with Crippen LogP contribution in [0.25, 0.3) is 10.8 Å². The molecular formula is C37H32N2O. The Bertz CT molecular complexity index is 1730. The summed E-state index contributed by atoms with van der Waals surface area (Å²) < 4.78 is 6.29. The predicted octanol–water partition coefficient (Wildman–Crippen LogP) is 9.30. The SMILES string of the molecule is Cc1ccc2c(c1)[C@@H]1C=CC[C@@H]1[C@@H](c1ccc(N=Cc3ccccc3OCc3cccc4ccccc34)cc1)N2. The lowest BCUT2D eigenvalue weighted by molar-refractivity contribution is 0.307. The van der Waals surface area contributed by atoms with Gasteiger partial charge in [0, 0.05) is 23.4 Å². The molecule has 3 heteroatoms. The van der Waals surface area contributed by atoms with E-state index in [9.17, 15) is 0 Å². The third-order valence-corrected chi connectivity index (χ3v) is 8.31. The van der Waals surface area contributed by atoms with E-state index in [4.69, 9.17) is 9.73 Å². The number of rotatable bonds is 6. The van der Waals surface area contributed by atoms with E-state index < -0.39 is 0 Å². The minimum Gasteiger partial charge on any atom is -0.488 e. The van der Waals surface area contributed by atoms with Crippen LogP contribution < -0.4 is 10.1 Å². The number of hydrogen-bond acceptors (Lipinski definition) is 3. The van der Waals surface area contributed by atoms with E-state index >= 15 is 0 Å². The monoisotopic (exact) mass is 520 g/mol. The van der Waals surface area contributed by atoms with Crippen LogP contribution in [0.2, 0.25) is 0 Å². The average molecular weight is 521 g/mol. The zero-order valence-electron chi connectivity index (χ0n) is 22.6. The second-order valence-electron chi connectivity index (χ2n) is 10.9. The summed E-state index contributed by atoms with van der Waals surface area (Å²) in [6.45, 7) is 2.68. The Morgan fingerprint density at radius 3 is 2.62 bits per heavy atom. The molecule has 5 aromatic carbocycles. The van der Waals surface area contributed by atoms with Crippen molar-refractivity contribution in [3.63, 3.8) is 0 Å². The van der Waals surface area contributed by atoms with Crippen molar-refractivity contribution in [3.8, 4) is 5.75 Å². The summed E-state index contributed by atoms with van der Waals surface area (Å²) in [6.07, 6.45) is 7.75. The lowest BCUT2D eigenvalue weighted by atomic mass is 9.76. The van der Waals surface area contributed by atoms with E-state index in [1.807, 2.05) is 24.4 Å². The third-order valence-electron chi connectivity index (χ3n) is 8.31. The number of fused-ring (bicyclic) bond motifs is 4. The number of allylic oxidation sites excluding steroid dienone is 2. The number of nitrogens with zero attached hydrogens (tertiary/aromatic N) is 1. The molecule has 1 N–H and O–H groups in total. The largest absolute Gasteiger partial charge is 0.488 e. The number of ether oxygens (including phenoxy) is 1. The molecule has 2 aliphatic rings. The van der Waals surface area contributed by atoms with Crippen LogP contribution in [0.3, 0.4) is 0 Å². The summed E-state index contributed by atoms with van der Waals surface area (Å²) in [7, 11) is 0. The molecule has 3 nitrogen and oxygen atoms in total. The number of anilines is 1. The topological polar surface area (TPSA) is 33.6 Å². The third kappa shape index (κ3) is 4.69. The molecule has 0 unspecified atom stereocenters. The van der Waals surface area contributed by atoms with Crippen LogP contribution in [-0.4, -0.2) is 6.21 Å². The van der Waals surface area contributed by atoms with E-state index in [0.29, 0.717) is 18.4 Å². The first kappa shape index (κ1) is 24.4. The summed E-state index contributed by atoms with van der Waals surface area (Å²) >= 11 is 0. The minimum atomic E-state index is 0.288. The molecule has 0 fully saturated rings. The number of hydrogen-bond donors (Lipinski definition) is 1. The molecule has 0 radical (unpaired) electrons. The van der Waals surface area contributed by atoms with Gasteiger partial charge in [-0.3, -0.25) is 4.99 Å². The van der Waals surface area contributed by atoms with Crippen LogP contribution >= 0.6 is 0 Å². The van der Waals surface area contributed by atoms with Gasteiger partial charge in [-0.05, 0) is 77.1 Å². The maximum absolute atomic E-state index is 6.29. The van der Waals surface area contributed by atoms with E-state index in [2.05, 4.69) is 115 Å². The van der Waals surface area contributed by atoms with Crippen molar-refractivity contribution >= 4 is 28.4 Å². The summed E-state index contributed by atoms with van der Waals surface area (Å²) in [5.74, 6) is 1.84. The fourth-order valence-corrected chi connectivity index (χ4v) is 6.25. The van der Waals surface area contributed by atoms with E-state index in [0.717, 1.165) is 23.4 Å². The van der Waals surface area contributed by atoms with Gasteiger partial charge in [-0.2, -0.15) is 0 Å². The Labute approximate surface area is 235 Å². The average Bonchev–Trinajstić information content (AvgIpc) is 3.50. The maximum atomic E-state index is 6.29. The molecule has 0 amide bonds. The van der Waals surface area contributed by atoms with Gasteiger partial charge in [-0.1, -0.05) is 96.6 Å². The molecule has 1 aliphatic carbocycles. The van der Waals surface area contributed by atoms with Crippen molar-refractivity contribution in [3.05, 3.63) is 149 Å². The Balaban J connectivity index is 1.08. The number of aryl methyl sites for hydroxylation is 1. The van der Waals surface area contributed by atoms with Crippen LogP contribution in [0.4, 0.5) is 11.4 Å². The van der Waals surface area contributed by atoms with Gasteiger partial charge in [-0.15, -0.1) is 0 Å². The quantitative estimate of drug-likeness (QED) is 0.179. The van der Waals surface area contributed by atoms with Gasteiger partial charge in [-0.25, -0.2) is 0 Å². The number of para-hydroxylation sites is 1. The minimum absolute atomic E-state index is 0.288. The summed E-state index contributed by atoms with van der Waals surface area (Å²) in [6, 6.07) is 38.6.